The van der Waals surface area contributed by atoms with Gasteiger partial charge in [0.15, 0.2) is 0 Å². The Labute approximate surface area is 149 Å². The maximum atomic E-state index is 13.0. The number of nitrogens with one attached hydrogen (secondary N) is 1. The number of carbonyl (C=O) groups is 2. The predicted octanol–water partition coefficient (Wildman–Crippen LogP) is 4.05. The Morgan fingerprint density at radius 3 is 2.76 bits per heavy atom. The number of anilines is 2. The number of carbonyl (C=O) groups excluding carboxylic acids is 2. The lowest BCUT2D eigenvalue weighted by Crippen LogP contribution is -2.42. The molecule has 6 heteroatoms. The zero-order valence-corrected chi connectivity index (χ0v) is 15.7. The molecule has 0 atom stereocenters. The van der Waals surface area contributed by atoms with Crippen LogP contribution in [-0.2, 0) is 9.53 Å². The molecule has 2 rings (SSSR count). The number of hydrogen-bond acceptors (Lipinski definition) is 4. The lowest BCUT2D eigenvalue weighted by atomic mass is 9.92. The first-order valence-electron chi connectivity index (χ1n) is 8.77. The van der Waals surface area contributed by atoms with E-state index in [-0.39, 0.29) is 5.91 Å². The van der Waals surface area contributed by atoms with Gasteiger partial charge in [0, 0.05) is 12.2 Å². The normalized spacial score (nSPS) is 16.1. The number of ether oxygens (including phenoxy) is 2. The molecule has 0 radical (unpaired) electrons. The van der Waals surface area contributed by atoms with Gasteiger partial charge in [0.05, 0.1) is 17.7 Å². The first-order valence-corrected chi connectivity index (χ1v) is 8.77. The van der Waals surface area contributed by atoms with Crippen LogP contribution in [0.3, 0.4) is 0 Å². The van der Waals surface area contributed by atoms with E-state index in [9.17, 15) is 9.59 Å². The van der Waals surface area contributed by atoms with Crippen LogP contribution in [0.1, 0.15) is 41.0 Å². The Morgan fingerprint density at radius 2 is 2.12 bits per heavy atom. The maximum absolute atomic E-state index is 13.0. The fraction of sp³-hybridized carbons (Fsp3) is 0.579. The average molecular weight is 348 g/mol. The van der Waals surface area contributed by atoms with Crippen molar-refractivity contribution in [1.82, 2.24) is 0 Å². The molecule has 25 heavy (non-hydrogen) atoms. The van der Waals surface area contributed by atoms with Crippen molar-refractivity contribution in [2.24, 2.45) is 11.3 Å². The summed E-state index contributed by atoms with van der Waals surface area (Å²) in [7, 11) is 0. The van der Waals surface area contributed by atoms with Gasteiger partial charge in [-0.3, -0.25) is 10.1 Å². The molecular formula is C19H28N2O4. The van der Waals surface area contributed by atoms with Crippen molar-refractivity contribution in [3.8, 4) is 5.75 Å². The van der Waals surface area contributed by atoms with Crippen LogP contribution in [0.15, 0.2) is 18.2 Å². The highest BCUT2D eigenvalue weighted by Crippen LogP contribution is 2.38. The molecule has 0 fully saturated rings. The van der Waals surface area contributed by atoms with Crippen molar-refractivity contribution >= 4 is 23.4 Å². The number of nitrogens with zero attached hydrogens (tertiary/aromatic N) is 1. The summed E-state index contributed by atoms with van der Waals surface area (Å²) in [4.78, 5) is 26.5. The molecule has 0 unspecified atom stereocenters. The Bertz CT molecular complexity index is 640. The molecule has 2 amide bonds. The van der Waals surface area contributed by atoms with Gasteiger partial charge in [-0.15, -0.1) is 0 Å². The van der Waals surface area contributed by atoms with E-state index in [1.54, 1.807) is 30.0 Å². The summed E-state index contributed by atoms with van der Waals surface area (Å²) in [5, 5.41) is 2.68. The van der Waals surface area contributed by atoms with Gasteiger partial charge in [0.1, 0.15) is 12.4 Å². The third-order valence-corrected chi connectivity index (χ3v) is 4.11. The van der Waals surface area contributed by atoms with E-state index in [2.05, 4.69) is 19.2 Å². The van der Waals surface area contributed by atoms with Gasteiger partial charge in [-0.2, -0.15) is 0 Å². The van der Waals surface area contributed by atoms with Gasteiger partial charge < -0.3 is 14.4 Å². The topological polar surface area (TPSA) is 67.9 Å². The lowest BCUT2D eigenvalue weighted by molar-refractivity contribution is -0.127. The van der Waals surface area contributed by atoms with Crippen molar-refractivity contribution in [2.45, 2.75) is 41.0 Å². The molecule has 1 aliphatic rings. The van der Waals surface area contributed by atoms with E-state index in [1.165, 1.54) is 0 Å². The minimum absolute atomic E-state index is 0.0279. The molecule has 1 heterocycles. The number of rotatable bonds is 5. The van der Waals surface area contributed by atoms with Gasteiger partial charge in [0.2, 0.25) is 5.91 Å². The minimum Gasteiger partial charge on any atom is -0.490 e. The fourth-order valence-electron chi connectivity index (χ4n) is 2.62. The van der Waals surface area contributed by atoms with E-state index in [1.807, 2.05) is 13.8 Å². The summed E-state index contributed by atoms with van der Waals surface area (Å²) in [6.07, 6.45) is 0.369. The van der Waals surface area contributed by atoms with Gasteiger partial charge in [-0.25, -0.2) is 4.79 Å². The molecule has 0 aliphatic carbocycles. The Morgan fingerprint density at radius 1 is 1.40 bits per heavy atom. The van der Waals surface area contributed by atoms with Crippen LogP contribution in [0.4, 0.5) is 16.2 Å². The van der Waals surface area contributed by atoms with Crippen molar-refractivity contribution < 1.29 is 19.1 Å². The van der Waals surface area contributed by atoms with Gasteiger partial charge in [-0.1, -0.05) is 13.8 Å². The minimum atomic E-state index is -0.606. The molecule has 0 bridgehead atoms. The largest absolute Gasteiger partial charge is 0.490 e. The van der Waals surface area contributed by atoms with Crippen molar-refractivity contribution in [1.29, 1.82) is 0 Å². The second-order valence-electron chi connectivity index (χ2n) is 7.34. The lowest BCUT2D eigenvalue weighted by Gasteiger charge is -2.28. The van der Waals surface area contributed by atoms with Crippen LogP contribution in [-0.4, -0.2) is 31.8 Å². The smallest absolute Gasteiger partial charge is 0.411 e. The van der Waals surface area contributed by atoms with Crippen LogP contribution in [0, 0.1) is 11.3 Å². The van der Waals surface area contributed by atoms with Gasteiger partial charge >= 0.3 is 6.09 Å². The molecule has 1 aromatic carbocycles. The van der Waals surface area contributed by atoms with Crippen LogP contribution >= 0.6 is 0 Å². The molecule has 6 nitrogen and oxygen atoms in total. The molecule has 0 spiro atoms. The highest BCUT2D eigenvalue weighted by molar-refractivity contribution is 6.00. The molecule has 1 aliphatic heterocycles. The number of fused-ring (bicyclic) bond motifs is 1. The van der Waals surface area contributed by atoms with Crippen molar-refractivity contribution in [3.63, 3.8) is 0 Å². The molecule has 138 valence electrons. The van der Waals surface area contributed by atoms with E-state index < -0.39 is 11.5 Å². The molecule has 1 N–H and O–H groups in total. The Balaban J connectivity index is 2.36. The first-order chi connectivity index (χ1) is 11.7. The molecular weight excluding hydrogens is 320 g/mol. The van der Waals surface area contributed by atoms with Gasteiger partial charge in [0.25, 0.3) is 0 Å². The van der Waals surface area contributed by atoms with E-state index in [4.69, 9.17) is 9.47 Å². The number of amides is 2. The van der Waals surface area contributed by atoms with Crippen LogP contribution in [0.2, 0.25) is 0 Å². The molecule has 0 saturated heterocycles. The summed E-state index contributed by atoms with van der Waals surface area (Å²) in [5.74, 6) is 1.15. The van der Waals surface area contributed by atoms with E-state index in [0.717, 1.165) is 6.42 Å². The van der Waals surface area contributed by atoms with Crippen molar-refractivity contribution in [3.05, 3.63) is 18.2 Å². The zero-order valence-electron chi connectivity index (χ0n) is 15.7. The third kappa shape index (κ3) is 4.65. The van der Waals surface area contributed by atoms with E-state index >= 15 is 0 Å². The summed E-state index contributed by atoms with van der Waals surface area (Å²) in [6, 6.07) is 5.30. The van der Waals surface area contributed by atoms with Crippen molar-refractivity contribution in [2.75, 3.05) is 30.0 Å². The number of benzene rings is 1. The molecule has 1 aromatic rings. The monoisotopic (exact) mass is 348 g/mol. The second-order valence-corrected chi connectivity index (χ2v) is 7.34. The molecule has 0 aromatic heterocycles. The summed E-state index contributed by atoms with van der Waals surface area (Å²) in [5.41, 5.74) is 0.651. The maximum Gasteiger partial charge on any atom is 0.411 e. The third-order valence-electron chi connectivity index (χ3n) is 4.11. The van der Waals surface area contributed by atoms with Crippen LogP contribution in [0.25, 0.3) is 0 Å². The highest BCUT2D eigenvalue weighted by Gasteiger charge is 2.37. The Kier molecular flexibility index (Phi) is 5.93. The summed E-state index contributed by atoms with van der Waals surface area (Å²) < 4.78 is 10.8. The SMILES string of the molecule is CCOC(=O)Nc1ccc2c(c1)N(CCC(C)C)C(=O)C(C)(C)CO2. The first kappa shape index (κ1) is 19.1. The Hall–Kier alpha value is -2.24. The van der Waals surface area contributed by atoms with Crippen LogP contribution in [0.5, 0.6) is 5.75 Å². The van der Waals surface area contributed by atoms with Crippen LogP contribution < -0.4 is 15.0 Å². The van der Waals surface area contributed by atoms with Gasteiger partial charge in [-0.05, 0) is 51.3 Å². The standard InChI is InChI=1S/C19H28N2O4/c1-6-24-18(23)20-14-7-8-16-15(11-14)21(10-9-13(2)3)17(22)19(4,5)12-25-16/h7-8,11,13H,6,9-10,12H2,1-5H3,(H,20,23). The number of hydrogen-bond donors (Lipinski definition) is 1. The highest BCUT2D eigenvalue weighted by atomic mass is 16.5. The quantitative estimate of drug-likeness (QED) is 0.871. The average Bonchev–Trinajstić information content (AvgIpc) is 2.62. The zero-order chi connectivity index (χ0) is 18.6. The summed E-state index contributed by atoms with van der Waals surface area (Å²) >= 11 is 0. The summed E-state index contributed by atoms with van der Waals surface area (Å²) in [6.45, 7) is 11.0. The van der Waals surface area contributed by atoms with E-state index in [0.29, 0.717) is 42.8 Å². The predicted molar refractivity (Wildman–Crippen MR) is 98.2 cm³/mol. The fourth-order valence-corrected chi connectivity index (χ4v) is 2.62. The second kappa shape index (κ2) is 7.76. The molecule has 0 saturated carbocycles.